The Hall–Kier alpha value is -1.83. The van der Waals surface area contributed by atoms with Gasteiger partial charge in [-0.3, -0.25) is 4.79 Å². The van der Waals surface area contributed by atoms with Crippen molar-refractivity contribution in [1.29, 1.82) is 0 Å². The van der Waals surface area contributed by atoms with E-state index in [2.05, 4.69) is 36.5 Å². The van der Waals surface area contributed by atoms with E-state index in [9.17, 15) is 4.79 Å². The Morgan fingerprint density at radius 1 is 1.09 bits per heavy atom. The first kappa shape index (κ1) is 24.8. The highest BCUT2D eigenvalue weighted by molar-refractivity contribution is 7.99. The number of carbonyl (C=O) groups is 1. The lowest BCUT2D eigenvalue weighted by molar-refractivity contribution is -0.126. The second-order valence-electron chi connectivity index (χ2n) is 8.89. The molecule has 1 aliphatic rings. The molecule has 0 spiro atoms. The van der Waals surface area contributed by atoms with Gasteiger partial charge < -0.3 is 10.6 Å². The number of nitrogens with zero attached hydrogens (tertiary/aromatic N) is 4. The van der Waals surface area contributed by atoms with Crippen LogP contribution in [0.1, 0.15) is 78.6 Å². The molecule has 0 unspecified atom stereocenters. The summed E-state index contributed by atoms with van der Waals surface area (Å²) in [6.07, 6.45) is 12.3. The molecule has 0 bridgehead atoms. The molecule has 1 aliphatic carbocycles. The van der Waals surface area contributed by atoms with Gasteiger partial charge in [0.15, 0.2) is 10.8 Å². The van der Waals surface area contributed by atoms with Gasteiger partial charge in [-0.1, -0.05) is 51.8 Å². The second kappa shape index (κ2) is 13.0. The van der Waals surface area contributed by atoms with Gasteiger partial charge in [-0.2, -0.15) is 5.10 Å². The fraction of sp³-hybridized carbons (Fsp3) is 0.750. The standard InChI is InChI=1S/C24H40N6OS/c1-4-7-8-18-9-11-19(12-10-18)23(31)26-14-15-30-22-20(17-27-30)21(25-13-5-2)28-24(29-22)32-16-6-3/h17-19H,4-16H2,1-3H3,(H,26,31)(H,25,28,29). The molecular formula is C24H40N6OS. The topological polar surface area (TPSA) is 84.7 Å². The number of fused-ring (bicyclic) bond motifs is 1. The van der Waals surface area contributed by atoms with Crippen LogP contribution < -0.4 is 10.6 Å². The minimum absolute atomic E-state index is 0.173. The van der Waals surface area contributed by atoms with Crippen LogP contribution in [0.4, 0.5) is 5.82 Å². The van der Waals surface area contributed by atoms with Gasteiger partial charge in [0.25, 0.3) is 0 Å². The Balaban J connectivity index is 1.57. The molecule has 1 amide bonds. The van der Waals surface area contributed by atoms with Crippen LogP contribution in [0.3, 0.4) is 0 Å². The number of thioether (sulfide) groups is 1. The van der Waals surface area contributed by atoms with Crippen molar-refractivity contribution in [2.75, 3.05) is 24.2 Å². The molecule has 2 heterocycles. The molecule has 2 aromatic rings. The molecule has 178 valence electrons. The smallest absolute Gasteiger partial charge is 0.223 e. The number of carbonyl (C=O) groups excluding carboxylic acids is 1. The molecule has 7 nitrogen and oxygen atoms in total. The van der Waals surface area contributed by atoms with Crippen molar-refractivity contribution in [3.63, 3.8) is 0 Å². The van der Waals surface area contributed by atoms with Crippen LogP contribution in [0.5, 0.6) is 0 Å². The number of rotatable bonds is 13. The van der Waals surface area contributed by atoms with Gasteiger partial charge in [-0.05, 0) is 44.4 Å². The number of hydrogen-bond acceptors (Lipinski definition) is 6. The Morgan fingerprint density at radius 3 is 2.62 bits per heavy atom. The highest BCUT2D eigenvalue weighted by Crippen LogP contribution is 2.32. The maximum absolute atomic E-state index is 12.7. The van der Waals surface area contributed by atoms with Gasteiger partial charge in [-0.25, -0.2) is 14.6 Å². The van der Waals surface area contributed by atoms with E-state index >= 15 is 0 Å². The Labute approximate surface area is 196 Å². The van der Waals surface area contributed by atoms with E-state index in [4.69, 9.17) is 9.97 Å². The minimum atomic E-state index is 0.173. The van der Waals surface area contributed by atoms with Crippen LogP contribution in [-0.4, -0.2) is 44.5 Å². The average Bonchev–Trinajstić information content (AvgIpc) is 3.23. The Kier molecular flexibility index (Phi) is 10.1. The lowest BCUT2D eigenvalue weighted by atomic mass is 9.79. The first-order chi connectivity index (χ1) is 15.7. The zero-order valence-electron chi connectivity index (χ0n) is 20.0. The van der Waals surface area contributed by atoms with Crippen LogP contribution in [0.15, 0.2) is 11.4 Å². The molecule has 3 rings (SSSR count). The molecular weight excluding hydrogens is 420 g/mol. The first-order valence-electron chi connectivity index (χ1n) is 12.5. The maximum Gasteiger partial charge on any atom is 0.223 e. The van der Waals surface area contributed by atoms with Crippen molar-refractivity contribution < 1.29 is 4.79 Å². The van der Waals surface area contributed by atoms with E-state index in [1.807, 2.05) is 10.9 Å². The predicted molar refractivity (Wildman–Crippen MR) is 133 cm³/mol. The summed E-state index contributed by atoms with van der Waals surface area (Å²) in [6.45, 7) is 8.61. The monoisotopic (exact) mass is 460 g/mol. The van der Waals surface area contributed by atoms with E-state index < -0.39 is 0 Å². The normalized spacial score (nSPS) is 18.7. The first-order valence-corrected chi connectivity index (χ1v) is 13.5. The molecule has 0 radical (unpaired) electrons. The van der Waals surface area contributed by atoms with Gasteiger partial charge in [0.2, 0.25) is 5.91 Å². The number of nitrogens with one attached hydrogen (secondary N) is 2. The molecule has 32 heavy (non-hydrogen) atoms. The molecule has 0 aliphatic heterocycles. The average molecular weight is 461 g/mol. The number of amides is 1. The van der Waals surface area contributed by atoms with Gasteiger partial charge in [0.05, 0.1) is 18.1 Å². The van der Waals surface area contributed by atoms with Crippen molar-refractivity contribution in [3.05, 3.63) is 6.20 Å². The predicted octanol–water partition coefficient (Wildman–Crippen LogP) is 5.26. The molecule has 2 N–H and O–H groups in total. The van der Waals surface area contributed by atoms with E-state index in [0.29, 0.717) is 13.1 Å². The van der Waals surface area contributed by atoms with Crippen molar-refractivity contribution in [2.45, 2.75) is 90.3 Å². The molecule has 0 atom stereocenters. The molecule has 0 aromatic carbocycles. The fourth-order valence-corrected chi connectivity index (χ4v) is 5.06. The molecule has 8 heteroatoms. The lowest BCUT2D eigenvalue weighted by Gasteiger charge is -2.27. The molecule has 1 fully saturated rings. The third-order valence-electron chi connectivity index (χ3n) is 6.26. The van der Waals surface area contributed by atoms with Gasteiger partial charge in [-0.15, -0.1) is 0 Å². The number of aromatic nitrogens is 4. The summed E-state index contributed by atoms with van der Waals surface area (Å²) in [6, 6.07) is 0. The highest BCUT2D eigenvalue weighted by Gasteiger charge is 2.25. The molecule has 1 saturated carbocycles. The van der Waals surface area contributed by atoms with Crippen molar-refractivity contribution in [1.82, 2.24) is 25.1 Å². The SMILES string of the molecule is CCCCC1CCC(C(=O)NCCn2ncc3c(NCCC)nc(SCCC)nc32)CC1. The van der Waals surface area contributed by atoms with Crippen molar-refractivity contribution in [3.8, 4) is 0 Å². The minimum Gasteiger partial charge on any atom is -0.369 e. The van der Waals surface area contributed by atoms with Gasteiger partial charge in [0.1, 0.15) is 5.82 Å². The summed E-state index contributed by atoms with van der Waals surface area (Å²) in [5, 5.41) is 12.8. The maximum atomic E-state index is 12.7. The van der Waals surface area contributed by atoms with Crippen LogP contribution >= 0.6 is 11.8 Å². The summed E-state index contributed by atoms with van der Waals surface area (Å²) in [4.78, 5) is 22.1. The lowest BCUT2D eigenvalue weighted by Crippen LogP contribution is -2.35. The van der Waals surface area contributed by atoms with Crippen molar-refractivity contribution in [2.24, 2.45) is 11.8 Å². The fourth-order valence-electron chi connectivity index (χ4n) is 4.37. The van der Waals surface area contributed by atoms with E-state index in [1.54, 1.807) is 11.8 Å². The van der Waals surface area contributed by atoms with Crippen LogP contribution in [0, 0.1) is 11.8 Å². The summed E-state index contributed by atoms with van der Waals surface area (Å²) < 4.78 is 1.89. The Bertz CT molecular complexity index is 846. The number of hydrogen-bond donors (Lipinski definition) is 2. The quantitative estimate of drug-likeness (QED) is 0.313. The summed E-state index contributed by atoms with van der Waals surface area (Å²) in [7, 11) is 0. The largest absolute Gasteiger partial charge is 0.369 e. The third-order valence-corrected chi connectivity index (χ3v) is 7.31. The third kappa shape index (κ3) is 6.83. The van der Waals surface area contributed by atoms with Gasteiger partial charge in [0, 0.05) is 24.8 Å². The van der Waals surface area contributed by atoms with Crippen LogP contribution in [0.2, 0.25) is 0 Å². The zero-order chi connectivity index (χ0) is 22.8. The van der Waals surface area contributed by atoms with Crippen molar-refractivity contribution >= 4 is 34.5 Å². The summed E-state index contributed by atoms with van der Waals surface area (Å²) in [5.41, 5.74) is 0.836. The van der Waals surface area contributed by atoms with E-state index in [-0.39, 0.29) is 11.8 Å². The van der Waals surface area contributed by atoms with E-state index in [1.165, 1.54) is 32.1 Å². The Morgan fingerprint density at radius 2 is 1.91 bits per heavy atom. The second-order valence-corrected chi connectivity index (χ2v) is 9.95. The highest BCUT2D eigenvalue weighted by atomic mass is 32.2. The number of unbranched alkanes of at least 4 members (excludes halogenated alkanes) is 1. The zero-order valence-corrected chi connectivity index (χ0v) is 20.8. The number of anilines is 1. The summed E-state index contributed by atoms with van der Waals surface area (Å²) >= 11 is 1.67. The van der Waals surface area contributed by atoms with Gasteiger partial charge >= 0.3 is 0 Å². The van der Waals surface area contributed by atoms with E-state index in [0.717, 1.165) is 65.9 Å². The van der Waals surface area contributed by atoms with Crippen LogP contribution in [0.25, 0.3) is 11.0 Å². The summed E-state index contributed by atoms with van der Waals surface area (Å²) in [5.74, 6) is 3.04. The van der Waals surface area contributed by atoms with Crippen LogP contribution in [-0.2, 0) is 11.3 Å². The molecule has 0 saturated heterocycles. The molecule has 2 aromatic heterocycles.